The fraction of sp³-hybridized carbons (Fsp3) is 0.500. The van der Waals surface area contributed by atoms with E-state index in [2.05, 4.69) is 20.2 Å². The summed E-state index contributed by atoms with van der Waals surface area (Å²) >= 11 is 0. The van der Waals surface area contributed by atoms with E-state index in [-0.39, 0.29) is 12.6 Å². The van der Waals surface area contributed by atoms with Gasteiger partial charge >= 0.3 is 0 Å². The Morgan fingerprint density at radius 1 is 1.29 bits per heavy atom. The average Bonchev–Trinajstić information content (AvgIpc) is 2.96. The largest absolute Gasteiger partial charge is 0.339 e. The Hall–Kier alpha value is -1.77. The average molecular weight is 352 g/mol. The van der Waals surface area contributed by atoms with Crippen molar-refractivity contribution in [1.29, 1.82) is 0 Å². The van der Waals surface area contributed by atoms with Gasteiger partial charge in [-0.25, -0.2) is 13.1 Å². The summed E-state index contributed by atoms with van der Waals surface area (Å²) in [5.41, 5.74) is 1.62. The Balaban J connectivity index is 1.95. The fourth-order valence-electron chi connectivity index (χ4n) is 2.22. The van der Waals surface area contributed by atoms with Crippen molar-refractivity contribution in [2.45, 2.75) is 44.6 Å². The van der Waals surface area contributed by atoms with Gasteiger partial charge in [-0.05, 0) is 45.0 Å². The number of hydrogen-bond donors (Lipinski definition) is 2. The number of hydrogen-bond acceptors (Lipinski definition) is 6. The number of aryl methyl sites for hydroxylation is 2. The Labute approximate surface area is 142 Å². The number of rotatable bonds is 8. The first kappa shape index (κ1) is 18.6. The molecule has 1 unspecified atom stereocenters. The minimum atomic E-state index is -3.55. The third kappa shape index (κ3) is 4.86. The molecule has 0 bridgehead atoms. The van der Waals surface area contributed by atoms with E-state index in [9.17, 15) is 8.42 Å². The molecule has 0 fully saturated rings. The second-order valence-electron chi connectivity index (χ2n) is 5.91. The summed E-state index contributed by atoms with van der Waals surface area (Å²) in [5, 5.41) is 7.00. The van der Waals surface area contributed by atoms with E-state index in [0.29, 0.717) is 35.0 Å². The predicted molar refractivity (Wildman–Crippen MR) is 91.3 cm³/mol. The molecule has 2 rings (SSSR count). The molecule has 0 saturated carbocycles. The maximum atomic E-state index is 12.4. The van der Waals surface area contributed by atoms with Crippen LogP contribution in [0.4, 0.5) is 0 Å². The quantitative estimate of drug-likeness (QED) is 0.744. The summed E-state index contributed by atoms with van der Waals surface area (Å²) in [7, 11) is -1.68. The smallest absolute Gasteiger partial charge is 0.240 e. The molecule has 0 aliphatic heterocycles. The highest BCUT2D eigenvalue weighted by Gasteiger charge is 2.17. The highest BCUT2D eigenvalue weighted by molar-refractivity contribution is 7.89. The lowest BCUT2D eigenvalue weighted by Crippen LogP contribution is -2.27. The number of aromatic nitrogens is 2. The maximum absolute atomic E-state index is 12.4. The molecule has 1 aromatic carbocycles. The molecule has 0 saturated heterocycles. The molecule has 0 radical (unpaired) electrons. The normalized spacial score (nSPS) is 13.2. The molecular weight excluding hydrogens is 328 g/mol. The van der Waals surface area contributed by atoms with Crippen LogP contribution < -0.4 is 10.0 Å². The van der Waals surface area contributed by atoms with Gasteiger partial charge in [0.2, 0.25) is 15.9 Å². The lowest BCUT2D eigenvalue weighted by atomic mass is 10.2. The van der Waals surface area contributed by atoms with Gasteiger partial charge in [0.1, 0.15) is 0 Å². The van der Waals surface area contributed by atoms with Crippen LogP contribution in [0.5, 0.6) is 0 Å². The van der Waals surface area contributed by atoms with Crippen LogP contribution in [0.3, 0.4) is 0 Å². The zero-order chi connectivity index (χ0) is 17.7. The van der Waals surface area contributed by atoms with E-state index in [4.69, 9.17) is 4.52 Å². The van der Waals surface area contributed by atoms with Crippen LogP contribution >= 0.6 is 0 Å². The van der Waals surface area contributed by atoms with Crippen molar-refractivity contribution >= 4 is 10.0 Å². The summed E-state index contributed by atoms with van der Waals surface area (Å²) in [4.78, 5) is 4.57. The van der Waals surface area contributed by atoms with Gasteiger partial charge in [-0.15, -0.1) is 0 Å². The molecular formula is C16H24N4O3S. The van der Waals surface area contributed by atoms with Gasteiger partial charge in [0.25, 0.3) is 0 Å². The zero-order valence-electron chi connectivity index (χ0n) is 14.5. The molecule has 7 nitrogen and oxygen atoms in total. The second kappa shape index (κ2) is 7.87. The van der Waals surface area contributed by atoms with Crippen LogP contribution in [0.15, 0.2) is 27.6 Å². The molecule has 2 aromatic rings. The molecule has 1 heterocycles. The van der Waals surface area contributed by atoms with Gasteiger partial charge in [0.05, 0.1) is 4.90 Å². The van der Waals surface area contributed by atoms with Crippen molar-refractivity contribution in [2.24, 2.45) is 0 Å². The zero-order valence-corrected chi connectivity index (χ0v) is 15.3. The summed E-state index contributed by atoms with van der Waals surface area (Å²) < 4.78 is 32.5. The summed E-state index contributed by atoms with van der Waals surface area (Å²) in [6.45, 7) is 5.87. The van der Waals surface area contributed by atoms with Crippen molar-refractivity contribution in [3.05, 3.63) is 41.0 Å². The standard InChI is InChI=1S/C16H24N4O3S/c1-11-5-6-12(2)14(9-11)24(21,22)18-8-7-16-19-15(20-23-16)10-13(3)17-4/h5-6,9,13,17-18H,7-8,10H2,1-4H3. The van der Waals surface area contributed by atoms with Crippen LogP contribution in [0.1, 0.15) is 29.8 Å². The number of likely N-dealkylation sites (N-methyl/N-ethyl adjacent to an activating group) is 1. The lowest BCUT2D eigenvalue weighted by Gasteiger charge is -2.09. The van der Waals surface area contributed by atoms with E-state index in [1.165, 1.54) is 0 Å². The first-order valence-electron chi connectivity index (χ1n) is 7.87. The fourth-order valence-corrected chi connectivity index (χ4v) is 3.58. The molecule has 132 valence electrons. The van der Waals surface area contributed by atoms with E-state index in [1.54, 1.807) is 19.1 Å². The van der Waals surface area contributed by atoms with E-state index in [0.717, 1.165) is 5.56 Å². The highest BCUT2D eigenvalue weighted by atomic mass is 32.2. The molecule has 0 amide bonds. The SMILES string of the molecule is CNC(C)Cc1noc(CCNS(=O)(=O)c2cc(C)ccc2C)n1. The van der Waals surface area contributed by atoms with Gasteiger partial charge in [-0.3, -0.25) is 0 Å². The highest BCUT2D eigenvalue weighted by Crippen LogP contribution is 2.16. The molecule has 2 N–H and O–H groups in total. The van der Waals surface area contributed by atoms with Gasteiger partial charge in [-0.1, -0.05) is 17.3 Å². The predicted octanol–water partition coefficient (Wildman–Crippen LogP) is 1.36. The summed E-state index contributed by atoms with van der Waals surface area (Å²) in [6.07, 6.45) is 1.01. The van der Waals surface area contributed by atoms with Crippen molar-refractivity contribution in [2.75, 3.05) is 13.6 Å². The van der Waals surface area contributed by atoms with Crippen molar-refractivity contribution in [3.63, 3.8) is 0 Å². The molecule has 0 spiro atoms. The number of nitrogens with zero attached hydrogens (tertiary/aromatic N) is 2. The van der Waals surface area contributed by atoms with Gasteiger partial charge in [-0.2, -0.15) is 4.98 Å². The molecule has 24 heavy (non-hydrogen) atoms. The van der Waals surface area contributed by atoms with Crippen LogP contribution in [0.25, 0.3) is 0 Å². The Kier molecular flexibility index (Phi) is 6.09. The second-order valence-corrected chi connectivity index (χ2v) is 7.65. The van der Waals surface area contributed by atoms with Crippen molar-refractivity contribution < 1.29 is 12.9 Å². The van der Waals surface area contributed by atoms with E-state index < -0.39 is 10.0 Å². The van der Waals surface area contributed by atoms with E-state index >= 15 is 0 Å². The van der Waals surface area contributed by atoms with Gasteiger partial charge in [0.15, 0.2) is 5.82 Å². The summed E-state index contributed by atoms with van der Waals surface area (Å²) in [5.74, 6) is 1.04. The Morgan fingerprint density at radius 2 is 2.04 bits per heavy atom. The van der Waals surface area contributed by atoms with Gasteiger partial charge in [0, 0.05) is 25.4 Å². The topological polar surface area (TPSA) is 97.1 Å². The monoisotopic (exact) mass is 352 g/mol. The molecule has 0 aliphatic rings. The lowest BCUT2D eigenvalue weighted by molar-refractivity contribution is 0.371. The first-order valence-corrected chi connectivity index (χ1v) is 9.36. The van der Waals surface area contributed by atoms with Gasteiger partial charge < -0.3 is 9.84 Å². The molecule has 1 aromatic heterocycles. The third-order valence-electron chi connectivity index (χ3n) is 3.76. The summed E-state index contributed by atoms with van der Waals surface area (Å²) in [6, 6.07) is 5.61. The maximum Gasteiger partial charge on any atom is 0.240 e. The van der Waals surface area contributed by atoms with Crippen molar-refractivity contribution in [3.8, 4) is 0 Å². The van der Waals surface area contributed by atoms with E-state index in [1.807, 2.05) is 27.0 Å². The Morgan fingerprint density at radius 3 is 2.75 bits per heavy atom. The van der Waals surface area contributed by atoms with Crippen LogP contribution in [-0.4, -0.2) is 38.2 Å². The minimum Gasteiger partial charge on any atom is -0.339 e. The first-order chi connectivity index (χ1) is 11.3. The number of sulfonamides is 1. The number of benzene rings is 1. The van der Waals surface area contributed by atoms with Crippen LogP contribution in [0.2, 0.25) is 0 Å². The molecule has 1 atom stereocenters. The number of nitrogens with one attached hydrogen (secondary N) is 2. The minimum absolute atomic E-state index is 0.207. The van der Waals surface area contributed by atoms with Crippen LogP contribution in [-0.2, 0) is 22.9 Å². The van der Waals surface area contributed by atoms with Crippen molar-refractivity contribution in [1.82, 2.24) is 20.2 Å². The third-order valence-corrected chi connectivity index (χ3v) is 5.36. The van der Waals surface area contributed by atoms with Crippen LogP contribution in [0, 0.1) is 13.8 Å². The molecule has 8 heteroatoms. The molecule has 0 aliphatic carbocycles. The Bertz CT molecular complexity index is 786.